The monoisotopic (exact) mass is 231 g/mol. The number of hydrogen-bond donors (Lipinski definition) is 1. The predicted molar refractivity (Wildman–Crippen MR) is 63.2 cm³/mol. The molecule has 80 valence electrons. The Morgan fingerprint density at radius 3 is 2.88 bits per heavy atom. The molecule has 0 amide bonds. The molecule has 1 heterocycles. The fraction of sp³-hybridized carbons (Fsp3) is 0.0909. The van der Waals surface area contributed by atoms with Crippen molar-refractivity contribution in [2.24, 2.45) is 0 Å². The van der Waals surface area contributed by atoms with Gasteiger partial charge in [0.1, 0.15) is 22.5 Å². The minimum Gasteiger partial charge on any atom is -0.495 e. The lowest BCUT2D eigenvalue weighted by atomic mass is 10.1. The van der Waals surface area contributed by atoms with Gasteiger partial charge in [0, 0.05) is 5.56 Å². The highest BCUT2D eigenvalue weighted by Gasteiger charge is 2.09. The van der Waals surface area contributed by atoms with Gasteiger partial charge in [-0.3, -0.25) is 0 Å². The van der Waals surface area contributed by atoms with Gasteiger partial charge in [0.15, 0.2) is 0 Å². The van der Waals surface area contributed by atoms with E-state index in [9.17, 15) is 0 Å². The van der Waals surface area contributed by atoms with Crippen molar-refractivity contribution in [2.45, 2.75) is 0 Å². The van der Waals surface area contributed by atoms with Crippen molar-refractivity contribution < 1.29 is 4.74 Å². The van der Waals surface area contributed by atoms with Gasteiger partial charge in [-0.05, 0) is 18.2 Å². The molecular formula is C11H9N3OS. The molecule has 0 saturated heterocycles. The summed E-state index contributed by atoms with van der Waals surface area (Å²) < 4.78 is 5.07. The van der Waals surface area contributed by atoms with E-state index < -0.39 is 0 Å². The molecule has 5 heteroatoms. The largest absolute Gasteiger partial charge is 0.495 e. The lowest BCUT2D eigenvalue weighted by Crippen LogP contribution is -1.90. The smallest absolute Gasteiger partial charge is 0.136 e. The number of hydrogen-bond acceptors (Lipinski definition) is 5. The van der Waals surface area contributed by atoms with Crippen molar-refractivity contribution in [3.05, 3.63) is 29.3 Å². The maximum absolute atomic E-state index is 8.96. The number of nitrogens with zero attached hydrogens (tertiary/aromatic N) is 2. The highest BCUT2D eigenvalue weighted by atomic mass is 32.1. The molecule has 16 heavy (non-hydrogen) atoms. The van der Waals surface area contributed by atoms with E-state index in [1.807, 2.05) is 6.07 Å². The number of methoxy groups -OCH3 is 1. The average Bonchev–Trinajstić information content (AvgIpc) is 2.74. The molecule has 0 fully saturated rings. The van der Waals surface area contributed by atoms with E-state index in [-0.39, 0.29) is 0 Å². The first-order chi connectivity index (χ1) is 7.76. The van der Waals surface area contributed by atoms with Crippen LogP contribution in [0, 0.1) is 11.3 Å². The van der Waals surface area contributed by atoms with Gasteiger partial charge < -0.3 is 10.5 Å². The number of nitriles is 1. The van der Waals surface area contributed by atoms with Crippen LogP contribution in [0.3, 0.4) is 0 Å². The van der Waals surface area contributed by atoms with Crippen molar-refractivity contribution in [3.63, 3.8) is 0 Å². The first kappa shape index (κ1) is 10.5. The standard InChI is InChI=1S/C11H9N3OS/c1-15-9-3-2-7(4-8(9)5-12)10-11(13)16-6-14-10/h2-4,6H,13H2,1H3. The number of aromatic nitrogens is 1. The third kappa shape index (κ3) is 1.71. The number of nitrogen functional groups attached to an aromatic ring is 1. The van der Waals surface area contributed by atoms with E-state index in [2.05, 4.69) is 11.1 Å². The number of benzene rings is 1. The molecule has 2 aromatic rings. The third-order valence-corrected chi connectivity index (χ3v) is 2.85. The first-order valence-electron chi connectivity index (χ1n) is 4.53. The molecule has 1 aromatic heterocycles. The van der Waals surface area contributed by atoms with Crippen LogP contribution < -0.4 is 10.5 Å². The van der Waals surface area contributed by atoms with Crippen molar-refractivity contribution in [3.8, 4) is 23.1 Å². The Kier molecular flexibility index (Phi) is 2.75. The van der Waals surface area contributed by atoms with Gasteiger partial charge in [-0.15, -0.1) is 11.3 Å². The van der Waals surface area contributed by atoms with Crippen LogP contribution in [0.5, 0.6) is 5.75 Å². The summed E-state index contributed by atoms with van der Waals surface area (Å²) in [6, 6.07) is 7.39. The lowest BCUT2D eigenvalue weighted by molar-refractivity contribution is 0.413. The number of rotatable bonds is 2. The number of thiazole rings is 1. The zero-order valence-electron chi connectivity index (χ0n) is 8.60. The second-order valence-corrected chi connectivity index (χ2v) is 3.98. The number of ether oxygens (including phenoxy) is 1. The van der Waals surface area contributed by atoms with Crippen LogP contribution >= 0.6 is 11.3 Å². The van der Waals surface area contributed by atoms with E-state index in [0.29, 0.717) is 22.0 Å². The quantitative estimate of drug-likeness (QED) is 0.860. The minimum absolute atomic E-state index is 0.479. The Morgan fingerprint density at radius 1 is 1.50 bits per heavy atom. The van der Waals surface area contributed by atoms with Crippen LogP contribution in [0.2, 0.25) is 0 Å². The molecule has 0 saturated carbocycles. The summed E-state index contributed by atoms with van der Waals surface area (Å²) in [4.78, 5) is 4.16. The summed E-state index contributed by atoms with van der Waals surface area (Å²) in [5.74, 6) is 0.556. The predicted octanol–water partition coefficient (Wildman–Crippen LogP) is 2.27. The van der Waals surface area contributed by atoms with Crippen LogP contribution in [0.1, 0.15) is 5.56 Å². The van der Waals surface area contributed by atoms with Gasteiger partial charge in [-0.25, -0.2) is 4.98 Å². The topological polar surface area (TPSA) is 71.9 Å². The van der Waals surface area contributed by atoms with E-state index >= 15 is 0 Å². The molecule has 0 aliphatic heterocycles. The summed E-state index contributed by atoms with van der Waals surface area (Å²) in [5.41, 5.74) is 9.48. The van der Waals surface area contributed by atoms with Crippen LogP contribution in [0.25, 0.3) is 11.3 Å². The second-order valence-electron chi connectivity index (χ2n) is 3.09. The Morgan fingerprint density at radius 2 is 2.31 bits per heavy atom. The van der Waals surface area contributed by atoms with Gasteiger partial charge >= 0.3 is 0 Å². The van der Waals surface area contributed by atoms with Gasteiger partial charge in [0.2, 0.25) is 0 Å². The SMILES string of the molecule is COc1ccc(-c2ncsc2N)cc1C#N. The normalized spacial score (nSPS) is 9.75. The Labute approximate surface area is 96.9 Å². The molecule has 0 unspecified atom stereocenters. The first-order valence-corrected chi connectivity index (χ1v) is 5.41. The highest BCUT2D eigenvalue weighted by molar-refractivity contribution is 7.14. The molecule has 0 aliphatic rings. The van der Waals surface area contributed by atoms with E-state index in [4.69, 9.17) is 15.7 Å². The van der Waals surface area contributed by atoms with Crippen molar-refractivity contribution in [1.82, 2.24) is 4.98 Å². The third-order valence-electron chi connectivity index (χ3n) is 2.19. The van der Waals surface area contributed by atoms with Crippen molar-refractivity contribution >= 4 is 16.3 Å². The Balaban J connectivity index is 2.53. The minimum atomic E-state index is 0.479. The zero-order valence-corrected chi connectivity index (χ0v) is 9.41. The Hall–Kier alpha value is -2.06. The molecule has 2 rings (SSSR count). The van der Waals surface area contributed by atoms with E-state index in [1.54, 1.807) is 17.6 Å². The summed E-state index contributed by atoms with van der Waals surface area (Å²) in [6.07, 6.45) is 0. The highest BCUT2D eigenvalue weighted by Crippen LogP contribution is 2.30. The molecule has 0 radical (unpaired) electrons. The Bertz CT molecular complexity index is 557. The molecule has 0 bridgehead atoms. The van der Waals surface area contributed by atoms with Gasteiger partial charge in [-0.2, -0.15) is 5.26 Å². The van der Waals surface area contributed by atoms with E-state index in [0.717, 1.165) is 5.56 Å². The fourth-order valence-corrected chi connectivity index (χ4v) is 1.97. The maximum Gasteiger partial charge on any atom is 0.136 e. The van der Waals surface area contributed by atoms with Gasteiger partial charge in [0.25, 0.3) is 0 Å². The second kappa shape index (κ2) is 4.21. The van der Waals surface area contributed by atoms with E-state index in [1.165, 1.54) is 18.4 Å². The molecule has 0 aliphatic carbocycles. The van der Waals surface area contributed by atoms with Crippen molar-refractivity contribution in [1.29, 1.82) is 5.26 Å². The van der Waals surface area contributed by atoms with Gasteiger partial charge in [-0.1, -0.05) is 0 Å². The fourth-order valence-electron chi connectivity index (χ4n) is 1.41. The van der Waals surface area contributed by atoms with Gasteiger partial charge in [0.05, 0.1) is 18.2 Å². The molecule has 1 aromatic carbocycles. The summed E-state index contributed by atoms with van der Waals surface area (Å²) in [7, 11) is 1.53. The van der Waals surface area contributed by atoms with Crippen molar-refractivity contribution in [2.75, 3.05) is 12.8 Å². The summed E-state index contributed by atoms with van der Waals surface area (Å²) in [6.45, 7) is 0. The maximum atomic E-state index is 8.96. The number of anilines is 1. The van der Waals surface area contributed by atoms with Crippen LogP contribution in [0.4, 0.5) is 5.00 Å². The summed E-state index contributed by atoms with van der Waals surface area (Å²) >= 11 is 1.38. The molecule has 0 atom stereocenters. The number of nitrogens with two attached hydrogens (primary N) is 1. The van der Waals surface area contributed by atoms with Crippen LogP contribution in [-0.2, 0) is 0 Å². The molecule has 0 spiro atoms. The molecular weight excluding hydrogens is 222 g/mol. The summed E-state index contributed by atoms with van der Waals surface area (Å²) in [5, 5.41) is 9.61. The lowest BCUT2D eigenvalue weighted by Gasteiger charge is -2.04. The zero-order chi connectivity index (χ0) is 11.5. The molecule has 4 nitrogen and oxygen atoms in total. The average molecular weight is 231 g/mol. The van der Waals surface area contributed by atoms with Crippen LogP contribution in [-0.4, -0.2) is 12.1 Å². The molecule has 2 N–H and O–H groups in total. The van der Waals surface area contributed by atoms with Crippen LogP contribution in [0.15, 0.2) is 23.7 Å².